The fraction of sp³-hybridized carbons (Fsp3) is 0.500. The molecule has 1 aromatic rings. The van der Waals surface area contributed by atoms with Crippen molar-refractivity contribution in [2.75, 3.05) is 25.5 Å². The zero-order chi connectivity index (χ0) is 13.0. The van der Waals surface area contributed by atoms with Gasteiger partial charge in [0.25, 0.3) is 0 Å². The Morgan fingerprint density at radius 3 is 2.78 bits per heavy atom. The predicted molar refractivity (Wildman–Crippen MR) is 71.5 cm³/mol. The van der Waals surface area contributed by atoms with Crippen molar-refractivity contribution >= 4 is 11.7 Å². The second-order valence-electron chi connectivity index (χ2n) is 4.81. The average molecular weight is 248 g/mol. The standard InChI is InChI=1S/C14H20N2O2/c1-11-10-15-9-8-14(11,13(17)18-2)16-12-6-4-3-5-7-12/h3-7,11,15-16H,8-10H2,1-2H3/t11-,14+/m0/s1. The molecule has 4 nitrogen and oxygen atoms in total. The monoisotopic (exact) mass is 248 g/mol. The summed E-state index contributed by atoms with van der Waals surface area (Å²) in [5.74, 6) is -0.000686. The first kappa shape index (κ1) is 12.9. The number of benzene rings is 1. The lowest BCUT2D eigenvalue weighted by atomic mass is 9.79. The van der Waals surface area contributed by atoms with E-state index in [-0.39, 0.29) is 11.9 Å². The van der Waals surface area contributed by atoms with Crippen LogP contribution in [0.2, 0.25) is 0 Å². The molecule has 0 unspecified atom stereocenters. The number of anilines is 1. The highest BCUT2D eigenvalue weighted by atomic mass is 16.5. The molecule has 0 radical (unpaired) electrons. The number of nitrogens with one attached hydrogen (secondary N) is 2. The molecule has 2 N–H and O–H groups in total. The molecule has 0 spiro atoms. The van der Waals surface area contributed by atoms with Gasteiger partial charge in [0.1, 0.15) is 5.54 Å². The Kier molecular flexibility index (Phi) is 3.87. The van der Waals surface area contributed by atoms with E-state index in [0.717, 1.165) is 25.2 Å². The number of ether oxygens (including phenoxy) is 1. The molecule has 2 rings (SSSR count). The molecular formula is C14H20N2O2. The minimum absolute atomic E-state index is 0.180. The van der Waals surface area contributed by atoms with Crippen LogP contribution in [-0.4, -0.2) is 31.7 Å². The van der Waals surface area contributed by atoms with Crippen LogP contribution in [-0.2, 0) is 9.53 Å². The average Bonchev–Trinajstić information content (AvgIpc) is 2.41. The van der Waals surface area contributed by atoms with Crippen LogP contribution in [0.4, 0.5) is 5.69 Å². The molecule has 4 heteroatoms. The van der Waals surface area contributed by atoms with E-state index in [2.05, 4.69) is 17.6 Å². The normalized spacial score (nSPS) is 27.6. The highest BCUT2D eigenvalue weighted by molar-refractivity contribution is 5.85. The topological polar surface area (TPSA) is 50.4 Å². The third kappa shape index (κ3) is 2.34. The fourth-order valence-electron chi connectivity index (χ4n) is 2.53. The van der Waals surface area contributed by atoms with E-state index in [9.17, 15) is 4.79 Å². The van der Waals surface area contributed by atoms with Crippen molar-refractivity contribution < 1.29 is 9.53 Å². The van der Waals surface area contributed by atoms with Crippen molar-refractivity contribution in [3.63, 3.8) is 0 Å². The van der Waals surface area contributed by atoms with Crippen molar-refractivity contribution in [3.8, 4) is 0 Å². The first-order valence-corrected chi connectivity index (χ1v) is 6.31. The third-order valence-corrected chi connectivity index (χ3v) is 3.68. The SMILES string of the molecule is COC(=O)[C@@]1(Nc2ccccc2)CCNC[C@@H]1C. The van der Waals surface area contributed by atoms with Crippen LogP contribution < -0.4 is 10.6 Å². The number of carbonyl (C=O) groups is 1. The Balaban J connectivity index is 2.27. The van der Waals surface area contributed by atoms with Crippen molar-refractivity contribution in [2.45, 2.75) is 18.9 Å². The van der Waals surface area contributed by atoms with Crippen LogP contribution in [0.3, 0.4) is 0 Å². The van der Waals surface area contributed by atoms with Gasteiger partial charge in [0.05, 0.1) is 7.11 Å². The number of methoxy groups -OCH3 is 1. The van der Waals surface area contributed by atoms with Gasteiger partial charge in [-0.15, -0.1) is 0 Å². The molecule has 0 saturated carbocycles. The van der Waals surface area contributed by atoms with Gasteiger partial charge in [-0.25, -0.2) is 4.79 Å². The Morgan fingerprint density at radius 2 is 2.17 bits per heavy atom. The van der Waals surface area contributed by atoms with Crippen molar-refractivity contribution in [1.29, 1.82) is 0 Å². The van der Waals surface area contributed by atoms with Crippen LogP contribution in [0, 0.1) is 5.92 Å². The summed E-state index contributed by atoms with van der Waals surface area (Å²) < 4.78 is 5.01. The molecule has 2 atom stereocenters. The van der Waals surface area contributed by atoms with Gasteiger partial charge < -0.3 is 15.4 Å². The summed E-state index contributed by atoms with van der Waals surface area (Å²) in [4.78, 5) is 12.2. The predicted octanol–water partition coefficient (Wildman–Crippen LogP) is 1.64. The number of piperidine rings is 1. The summed E-state index contributed by atoms with van der Waals surface area (Å²) in [6, 6.07) is 9.82. The number of rotatable bonds is 3. The van der Waals surface area contributed by atoms with Crippen molar-refractivity contribution in [1.82, 2.24) is 5.32 Å². The lowest BCUT2D eigenvalue weighted by molar-refractivity contribution is -0.148. The van der Waals surface area contributed by atoms with E-state index in [4.69, 9.17) is 4.74 Å². The van der Waals surface area contributed by atoms with Crippen LogP contribution in [0.15, 0.2) is 30.3 Å². The highest BCUT2D eigenvalue weighted by Crippen LogP contribution is 2.30. The Labute approximate surface area is 108 Å². The van der Waals surface area contributed by atoms with Crippen molar-refractivity contribution in [3.05, 3.63) is 30.3 Å². The van der Waals surface area contributed by atoms with E-state index in [1.54, 1.807) is 0 Å². The quantitative estimate of drug-likeness (QED) is 0.798. The van der Waals surface area contributed by atoms with E-state index in [0.29, 0.717) is 0 Å². The third-order valence-electron chi connectivity index (χ3n) is 3.68. The van der Waals surface area contributed by atoms with Crippen molar-refractivity contribution in [2.24, 2.45) is 5.92 Å². The molecule has 1 fully saturated rings. The molecule has 1 aliphatic heterocycles. The van der Waals surface area contributed by atoms with E-state index < -0.39 is 5.54 Å². The summed E-state index contributed by atoms with van der Waals surface area (Å²) in [7, 11) is 1.45. The number of para-hydroxylation sites is 1. The van der Waals surface area contributed by atoms with E-state index in [1.165, 1.54) is 7.11 Å². The molecule has 0 bridgehead atoms. The molecule has 1 heterocycles. The van der Waals surface area contributed by atoms with Crippen LogP contribution >= 0.6 is 0 Å². The molecule has 0 aromatic heterocycles. The molecular weight excluding hydrogens is 228 g/mol. The maximum absolute atomic E-state index is 12.2. The minimum Gasteiger partial charge on any atom is -0.467 e. The molecule has 1 aromatic carbocycles. The first-order chi connectivity index (χ1) is 8.69. The second kappa shape index (κ2) is 5.40. The summed E-state index contributed by atoms with van der Waals surface area (Å²) in [5.41, 5.74) is 0.332. The fourth-order valence-corrected chi connectivity index (χ4v) is 2.53. The largest absolute Gasteiger partial charge is 0.467 e. The molecule has 0 aliphatic carbocycles. The van der Waals surface area contributed by atoms with Gasteiger partial charge in [0.15, 0.2) is 0 Å². The lowest BCUT2D eigenvalue weighted by Crippen LogP contribution is -2.59. The van der Waals surface area contributed by atoms with E-state index in [1.807, 2.05) is 30.3 Å². The zero-order valence-electron chi connectivity index (χ0n) is 10.9. The number of esters is 1. The molecule has 1 saturated heterocycles. The Hall–Kier alpha value is -1.55. The molecule has 18 heavy (non-hydrogen) atoms. The van der Waals surface area contributed by atoms with Gasteiger partial charge in [0.2, 0.25) is 0 Å². The van der Waals surface area contributed by atoms with Gasteiger partial charge in [0, 0.05) is 18.2 Å². The van der Waals surface area contributed by atoms with Crippen LogP contribution in [0.25, 0.3) is 0 Å². The Bertz CT molecular complexity index is 408. The number of hydrogen-bond acceptors (Lipinski definition) is 4. The summed E-state index contributed by atoms with van der Waals surface area (Å²) >= 11 is 0. The maximum atomic E-state index is 12.2. The van der Waals surface area contributed by atoms with Gasteiger partial charge in [-0.05, 0) is 25.1 Å². The number of carbonyl (C=O) groups excluding carboxylic acids is 1. The minimum atomic E-state index is -0.624. The van der Waals surface area contributed by atoms with E-state index >= 15 is 0 Å². The summed E-state index contributed by atoms with van der Waals surface area (Å²) in [6.07, 6.45) is 0.732. The lowest BCUT2D eigenvalue weighted by Gasteiger charge is -2.41. The van der Waals surface area contributed by atoms with Gasteiger partial charge in [-0.3, -0.25) is 0 Å². The van der Waals surface area contributed by atoms with Crippen LogP contribution in [0.1, 0.15) is 13.3 Å². The summed E-state index contributed by atoms with van der Waals surface area (Å²) in [5, 5.41) is 6.69. The second-order valence-corrected chi connectivity index (χ2v) is 4.81. The molecule has 98 valence electrons. The highest BCUT2D eigenvalue weighted by Gasteiger charge is 2.46. The Morgan fingerprint density at radius 1 is 1.44 bits per heavy atom. The van der Waals surface area contributed by atoms with Gasteiger partial charge in [-0.1, -0.05) is 25.1 Å². The molecule has 1 aliphatic rings. The zero-order valence-corrected chi connectivity index (χ0v) is 10.9. The summed E-state index contributed by atoms with van der Waals surface area (Å²) in [6.45, 7) is 3.70. The van der Waals surface area contributed by atoms with Gasteiger partial charge in [-0.2, -0.15) is 0 Å². The number of hydrogen-bond donors (Lipinski definition) is 2. The molecule has 0 amide bonds. The smallest absolute Gasteiger partial charge is 0.331 e. The first-order valence-electron chi connectivity index (χ1n) is 6.31. The maximum Gasteiger partial charge on any atom is 0.331 e. The van der Waals surface area contributed by atoms with Crippen LogP contribution in [0.5, 0.6) is 0 Å². The van der Waals surface area contributed by atoms with Gasteiger partial charge >= 0.3 is 5.97 Å².